The van der Waals surface area contributed by atoms with Gasteiger partial charge in [0.2, 0.25) is 0 Å². The standard InChI is InChI=1S/C32H54N2O8/c35-27(36)21-25-17-13-9-5-4-8-12-16-20-32(24-30(41)42,31(25,22-28(37)38)23-29(39)40)34-33-26-18-14-10-6-2-1-3-7-11-15-19-26/h25-26H,1-24H2,(H,35,36)(H,37,38)(H,39,40)(H,41,42). The minimum atomic E-state index is -1.73. The van der Waals surface area contributed by atoms with Crippen LogP contribution in [0.15, 0.2) is 10.2 Å². The lowest BCUT2D eigenvalue weighted by molar-refractivity contribution is -0.158. The SMILES string of the molecule is O=C(O)CC1CCCCCCCCCC(CC(=O)O)(N=NC2CCCCCCCCCCC2)C1(CC(=O)O)CC(=O)O. The monoisotopic (exact) mass is 594 g/mol. The predicted molar refractivity (Wildman–Crippen MR) is 159 cm³/mol. The number of carboxylic acids is 4. The fourth-order valence-electron chi connectivity index (χ4n) is 7.47. The number of hydrogen-bond donors (Lipinski definition) is 4. The highest BCUT2D eigenvalue weighted by atomic mass is 16.4. The molecule has 2 aliphatic rings. The number of carbonyl (C=O) groups is 4. The van der Waals surface area contributed by atoms with Gasteiger partial charge in [-0.15, -0.1) is 0 Å². The van der Waals surface area contributed by atoms with Crippen LogP contribution in [-0.4, -0.2) is 55.9 Å². The number of azo groups is 1. The van der Waals surface area contributed by atoms with Crippen LogP contribution < -0.4 is 0 Å². The molecule has 2 aliphatic carbocycles. The van der Waals surface area contributed by atoms with Crippen molar-refractivity contribution in [1.29, 1.82) is 0 Å². The van der Waals surface area contributed by atoms with Crippen molar-refractivity contribution in [3.63, 3.8) is 0 Å². The lowest BCUT2D eigenvalue weighted by Crippen LogP contribution is -2.55. The zero-order valence-electron chi connectivity index (χ0n) is 25.4. The Balaban J connectivity index is 2.71. The molecule has 0 amide bonds. The summed E-state index contributed by atoms with van der Waals surface area (Å²) in [5.74, 6) is -5.82. The Morgan fingerprint density at radius 1 is 0.524 bits per heavy atom. The Hall–Kier alpha value is -2.52. The van der Waals surface area contributed by atoms with E-state index in [0.29, 0.717) is 19.3 Å². The van der Waals surface area contributed by atoms with Crippen molar-refractivity contribution in [3.8, 4) is 0 Å². The van der Waals surface area contributed by atoms with E-state index in [2.05, 4.69) is 0 Å². The summed E-state index contributed by atoms with van der Waals surface area (Å²) in [4.78, 5) is 49.7. The summed E-state index contributed by atoms with van der Waals surface area (Å²) in [6, 6.07) is -0.165. The van der Waals surface area contributed by atoms with E-state index in [1.54, 1.807) is 0 Å². The maximum atomic E-state index is 12.5. The second-order valence-corrected chi connectivity index (χ2v) is 12.8. The minimum Gasteiger partial charge on any atom is -0.481 e. The lowest BCUT2D eigenvalue weighted by Gasteiger charge is -2.50. The highest BCUT2D eigenvalue weighted by Crippen LogP contribution is 2.55. The molecule has 4 N–H and O–H groups in total. The second-order valence-electron chi connectivity index (χ2n) is 12.8. The number of carboxylic acid groups (broad SMARTS) is 4. The largest absolute Gasteiger partial charge is 0.481 e. The smallest absolute Gasteiger partial charge is 0.305 e. The third-order valence-electron chi connectivity index (χ3n) is 9.64. The number of aliphatic carboxylic acids is 4. The van der Waals surface area contributed by atoms with Crippen molar-refractivity contribution >= 4 is 23.9 Å². The predicted octanol–water partition coefficient (Wildman–Crippen LogP) is 7.88. The number of rotatable bonds is 10. The van der Waals surface area contributed by atoms with Gasteiger partial charge in [0.05, 0.1) is 30.8 Å². The van der Waals surface area contributed by atoms with Gasteiger partial charge in [0, 0.05) is 11.8 Å². The summed E-state index contributed by atoms with van der Waals surface area (Å²) in [5, 5.41) is 50.1. The third kappa shape index (κ3) is 12.0. The van der Waals surface area contributed by atoms with E-state index in [-0.39, 0.29) is 12.5 Å². The van der Waals surface area contributed by atoms with E-state index >= 15 is 0 Å². The topological polar surface area (TPSA) is 174 Å². The van der Waals surface area contributed by atoms with Gasteiger partial charge < -0.3 is 20.4 Å². The Bertz CT molecular complexity index is 864. The number of hydrogen-bond acceptors (Lipinski definition) is 6. The molecular formula is C32H54N2O8. The summed E-state index contributed by atoms with van der Waals surface area (Å²) in [5.41, 5.74) is -3.38. The maximum Gasteiger partial charge on any atom is 0.305 e. The third-order valence-corrected chi connectivity index (χ3v) is 9.64. The zero-order chi connectivity index (χ0) is 30.8. The Morgan fingerprint density at radius 3 is 1.36 bits per heavy atom. The molecule has 0 saturated heterocycles. The van der Waals surface area contributed by atoms with Gasteiger partial charge >= 0.3 is 23.9 Å². The van der Waals surface area contributed by atoms with Gasteiger partial charge in [-0.2, -0.15) is 10.2 Å². The van der Waals surface area contributed by atoms with E-state index in [9.17, 15) is 39.6 Å². The van der Waals surface area contributed by atoms with Gasteiger partial charge in [0.25, 0.3) is 0 Å². The molecule has 0 bridgehead atoms. The fraction of sp³-hybridized carbons (Fsp3) is 0.875. The highest BCUT2D eigenvalue weighted by Gasteiger charge is 2.59. The van der Waals surface area contributed by atoms with Crippen LogP contribution in [0.4, 0.5) is 0 Å². The molecule has 0 aromatic heterocycles. The van der Waals surface area contributed by atoms with Gasteiger partial charge in [-0.25, -0.2) is 0 Å². The molecule has 42 heavy (non-hydrogen) atoms. The zero-order valence-corrected chi connectivity index (χ0v) is 25.4. The molecule has 0 radical (unpaired) electrons. The van der Waals surface area contributed by atoms with Crippen LogP contribution >= 0.6 is 0 Å². The summed E-state index contributed by atoms with van der Waals surface area (Å²) in [6.07, 6.45) is 15.4. The molecule has 2 atom stereocenters. The van der Waals surface area contributed by atoms with Crippen molar-refractivity contribution in [2.75, 3.05) is 0 Å². The summed E-state index contributed by atoms with van der Waals surface area (Å²) in [7, 11) is 0. The van der Waals surface area contributed by atoms with E-state index in [4.69, 9.17) is 10.2 Å². The molecule has 2 saturated carbocycles. The molecule has 2 unspecified atom stereocenters. The van der Waals surface area contributed by atoms with Crippen molar-refractivity contribution in [3.05, 3.63) is 0 Å². The van der Waals surface area contributed by atoms with Crippen LogP contribution in [0, 0.1) is 11.3 Å². The number of nitrogens with zero attached hydrogens (tertiary/aromatic N) is 2. The first-order chi connectivity index (χ1) is 20.1. The van der Waals surface area contributed by atoms with Crippen LogP contribution in [0.3, 0.4) is 0 Å². The van der Waals surface area contributed by atoms with Crippen LogP contribution in [0.5, 0.6) is 0 Å². The average Bonchev–Trinajstić information content (AvgIpc) is 2.88. The van der Waals surface area contributed by atoms with Crippen LogP contribution in [0.1, 0.15) is 154 Å². The Morgan fingerprint density at radius 2 is 0.929 bits per heavy atom. The van der Waals surface area contributed by atoms with Crippen molar-refractivity contribution in [1.82, 2.24) is 0 Å². The molecule has 0 aromatic carbocycles. The first-order valence-corrected chi connectivity index (χ1v) is 16.4. The minimum absolute atomic E-state index is 0.159. The molecule has 0 heterocycles. The summed E-state index contributed by atoms with van der Waals surface area (Å²) >= 11 is 0. The molecule has 10 heteroatoms. The van der Waals surface area contributed by atoms with E-state index in [1.807, 2.05) is 0 Å². The molecule has 2 rings (SSSR count). The Labute approximate surface area is 250 Å². The van der Waals surface area contributed by atoms with Crippen LogP contribution in [0.2, 0.25) is 0 Å². The molecule has 0 aliphatic heterocycles. The quantitative estimate of drug-likeness (QED) is 0.185. The van der Waals surface area contributed by atoms with Crippen molar-refractivity contribution in [2.24, 2.45) is 21.6 Å². The average molecular weight is 595 g/mol. The first kappa shape index (κ1) is 35.7. The van der Waals surface area contributed by atoms with E-state index in [1.165, 1.54) is 19.3 Å². The molecular weight excluding hydrogens is 540 g/mol. The van der Waals surface area contributed by atoms with Gasteiger partial charge in [0.1, 0.15) is 0 Å². The van der Waals surface area contributed by atoms with Crippen LogP contribution in [-0.2, 0) is 19.2 Å². The fourth-order valence-corrected chi connectivity index (χ4v) is 7.47. The van der Waals surface area contributed by atoms with Gasteiger partial charge in [0.15, 0.2) is 0 Å². The molecule has 0 spiro atoms. The maximum absolute atomic E-state index is 12.5. The normalized spacial score (nSPS) is 26.1. The van der Waals surface area contributed by atoms with Crippen molar-refractivity contribution in [2.45, 2.75) is 166 Å². The first-order valence-electron chi connectivity index (χ1n) is 16.4. The lowest BCUT2D eigenvalue weighted by atomic mass is 9.54. The van der Waals surface area contributed by atoms with E-state index in [0.717, 1.165) is 83.5 Å². The molecule has 240 valence electrons. The Kier molecular flexibility index (Phi) is 16.1. The second kappa shape index (κ2) is 18.9. The van der Waals surface area contributed by atoms with Gasteiger partial charge in [-0.3, -0.25) is 19.2 Å². The summed E-state index contributed by atoms with van der Waals surface area (Å²) < 4.78 is 0. The van der Waals surface area contributed by atoms with Gasteiger partial charge in [-0.1, -0.05) is 103 Å². The molecule has 0 aromatic rings. The van der Waals surface area contributed by atoms with Crippen molar-refractivity contribution < 1.29 is 39.6 Å². The van der Waals surface area contributed by atoms with Crippen LogP contribution in [0.25, 0.3) is 0 Å². The highest BCUT2D eigenvalue weighted by molar-refractivity contribution is 5.75. The molecule has 2 fully saturated rings. The molecule has 10 nitrogen and oxygen atoms in total. The van der Waals surface area contributed by atoms with E-state index < -0.39 is 66.4 Å². The summed E-state index contributed by atoms with van der Waals surface area (Å²) in [6.45, 7) is 0. The van der Waals surface area contributed by atoms with Gasteiger partial charge in [-0.05, 0) is 31.6 Å².